The highest BCUT2D eigenvalue weighted by Gasteiger charge is 2.49. The number of hydrogen-bond donors (Lipinski definition) is 0. The molecule has 2 aliphatic heterocycles. The van der Waals surface area contributed by atoms with Crippen molar-refractivity contribution in [3.8, 4) is 0 Å². The molecule has 2 atom stereocenters. The van der Waals surface area contributed by atoms with Gasteiger partial charge in [-0.25, -0.2) is 8.42 Å². The first-order valence-corrected chi connectivity index (χ1v) is 10.5. The van der Waals surface area contributed by atoms with Gasteiger partial charge in [-0.3, -0.25) is 4.79 Å². The minimum Gasteiger partial charge on any atom is -0.378 e. The summed E-state index contributed by atoms with van der Waals surface area (Å²) in [4.78, 5) is 19.9. The molecule has 0 spiro atoms. The summed E-state index contributed by atoms with van der Waals surface area (Å²) in [6.07, 6.45) is 0. The highest BCUT2D eigenvalue weighted by atomic mass is 32.2. The summed E-state index contributed by atoms with van der Waals surface area (Å²) in [5, 5.41) is 0.442. The number of rotatable bonds is 4. The van der Waals surface area contributed by atoms with Crippen LogP contribution in [0.4, 0.5) is 11.4 Å². The van der Waals surface area contributed by atoms with E-state index < -0.39 is 9.84 Å². The van der Waals surface area contributed by atoms with E-state index in [1.807, 2.05) is 48.2 Å². The van der Waals surface area contributed by atoms with E-state index in [1.165, 1.54) is 18.9 Å². The van der Waals surface area contributed by atoms with Crippen molar-refractivity contribution in [1.29, 1.82) is 0 Å². The Labute approximate surface area is 152 Å². The second-order valence-corrected chi connectivity index (χ2v) is 9.66. The van der Waals surface area contributed by atoms with Gasteiger partial charge in [0.25, 0.3) is 5.91 Å². The van der Waals surface area contributed by atoms with Crippen LogP contribution in [-0.4, -0.2) is 70.1 Å². The third kappa shape index (κ3) is 3.83. The standard InChI is InChI=1S/C16H21N3O4S2/c1-18(2)11-4-6-12(7-5-11)19-13-9-25(21,22)10-14(13)24-16(19)17-15(20)8-23-3/h4-7,13-14H,8-10H2,1-3H3. The van der Waals surface area contributed by atoms with Gasteiger partial charge in [0.1, 0.15) is 6.61 Å². The topological polar surface area (TPSA) is 79.3 Å². The van der Waals surface area contributed by atoms with E-state index in [0.29, 0.717) is 5.17 Å². The zero-order chi connectivity index (χ0) is 18.2. The Morgan fingerprint density at radius 2 is 2.00 bits per heavy atom. The Morgan fingerprint density at radius 1 is 1.32 bits per heavy atom. The smallest absolute Gasteiger partial charge is 0.274 e. The average Bonchev–Trinajstić information content (AvgIpc) is 2.98. The largest absolute Gasteiger partial charge is 0.378 e. The zero-order valence-corrected chi connectivity index (χ0v) is 16.0. The monoisotopic (exact) mass is 383 g/mol. The number of nitrogens with zero attached hydrogens (tertiary/aromatic N) is 3. The van der Waals surface area contributed by atoms with Gasteiger partial charge in [0, 0.05) is 37.8 Å². The van der Waals surface area contributed by atoms with Crippen LogP contribution in [0.25, 0.3) is 0 Å². The van der Waals surface area contributed by atoms with Gasteiger partial charge in [-0.15, -0.1) is 0 Å². The molecule has 136 valence electrons. The molecule has 0 aromatic heterocycles. The SMILES string of the molecule is COCC(=O)N=C1SC2CS(=O)(=O)CC2N1c1ccc(N(C)C)cc1. The van der Waals surface area contributed by atoms with Crippen LogP contribution in [0.1, 0.15) is 0 Å². The molecule has 2 unspecified atom stereocenters. The van der Waals surface area contributed by atoms with Crippen LogP contribution in [-0.2, 0) is 19.4 Å². The second-order valence-electron chi connectivity index (χ2n) is 6.30. The number of amides is 1. The Hall–Kier alpha value is -1.58. The maximum atomic E-state index is 12.0. The third-order valence-corrected chi connectivity index (χ3v) is 7.41. The van der Waals surface area contributed by atoms with Crippen molar-refractivity contribution in [1.82, 2.24) is 0 Å². The van der Waals surface area contributed by atoms with Crippen LogP contribution in [0.15, 0.2) is 29.3 Å². The predicted molar refractivity (Wildman–Crippen MR) is 101 cm³/mol. The van der Waals surface area contributed by atoms with Crippen LogP contribution in [0.5, 0.6) is 0 Å². The molecule has 1 aromatic carbocycles. The normalized spacial score (nSPS) is 26.0. The number of benzene rings is 1. The van der Waals surface area contributed by atoms with Crippen molar-refractivity contribution in [3.63, 3.8) is 0 Å². The molecular formula is C16H21N3O4S2. The molecule has 9 heteroatoms. The number of thioether (sulfide) groups is 1. The number of fused-ring (bicyclic) bond motifs is 1. The predicted octanol–water partition coefficient (Wildman–Crippen LogP) is 1.00. The van der Waals surface area contributed by atoms with Crippen molar-refractivity contribution in [2.24, 2.45) is 4.99 Å². The molecule has 0 N–H and O–H groups in total. The minimum absolute atomic E-state index is 0.0809. The zero-order valence-electron chi connectivity index (χ0n) is 14.4. The summed E-state index contributed by atoms with van der Waals surface area (Å²) in [7, 11) is 2.29. The van der Waals surface area contributed by atoms with Crippen LogP contribution >= 0.6 is 11.8 Å². The quantitative estimate of drug-likeness (QED) is 0.767. The third-order valence-electron chi connectivity index (χ3n) is 4.20. The van der Waals surface area contributed by atoms with Crippen LogP contribution < -0.4 is 9.80 Å². The highest BCUT2D eigenvalue weighted by molar-refractivity contribution is 8.16. The highest BCUT2D eigenvalue weighted by Crippen LogP contribution is 2.41. The van der Waals surface area contributed by atoms with E-state index in [9.17, 15) is 13.2 Å². The number of carbonyl (C=O) groups is 1. The van der Waals surface area contributed by atoms with E-state index in [4.69, 9.17) is 4.74 Å². The lowest BCUT2D eigenvalue weighted by molar-refractivity contribution is -0.121. The number of hydrogen-bond acceptors (Lipinski definition) is 6. The van der Waals surface area contributed by atoms with E-state index in [1.54, 1.807) is 0 Å². The molecule has 0 bridgehead atoms. The number of carbonyl (C=O) groups excluding carboxylic acids is 1. The van der Waals surface area contributed by atoms with E-state index in [0.717, 1.165) is 11.4 Å². The Kier molecular flexibility index (Phi) is 5.08. The molecule has 25 heavy (non-hydrogen) atoms. The number of amidine groups is 1. The van der Waals surface area contributed by atoms with Crippen molar-refractivity contribution < 1.29 is 17.9 Å². The molecule has 0 radical (unpaired) electrons. The van der Waals surface area contributed by atoms with E-state index >= 15 is 0 Å². The van der Waals surface area contributed by atoms with Gasteiger partial charge < -0.3 is 14.5 Å². The fraction of sp³-hybridized carbons (Fsp3) is 0.500. The molecule has 1 amide bonds. The number of methoxy groups -OCH3 is 1. The molecule has 2 saturated heterocycles. The number of anilines is 2. The fourth-order valence-electron chi connectivity index (χ4n) is 3.04. The first kappa shape index (κ1) is 18.2. The Bertz CT molecular complexity index is 790. The summed E-state index contributed by atoms with van der Waals surface area (Å²) in [6.45, 7) is -0.0922. The van der Waals surface area contributed by atoms with Crippen molar-refractivity contribution in [3.05, 3.63) is 24.3 Å². The molecule has 0 saturated carbocycles. The molecule has 7 nitrogen and oxygen atoms in total. The molecule has 3 rings (SSSR count). The van der Waals surface area contributed by atoms with Crippen molar-refractivity contribution >= 4 is 44.0 Å². The van der Waals surface area contributed by atoms with Crippen LogP contribution in [0.3, 0.4) is 0 Å². The maximum Gasteiger partial charge on any atom is 0.274 e. The fourth-order valence-corrected chi connectivity index (χ4v) is 6.97. The lowest BCUT2D eigenvalue weighted by Gasteiger charge is -2.25. The molecular weight excluding hydrogens is 362 g/mol. The van der Waals surface area contributed by atoms with Gasteiger partial charge in [-0.1, -0.05) is 11.8 Å². The van der Waals surface area contributed by atoms with Crippen LogP contribution in [0.2, 0.25) is 0 Å². The van der Waals surface area contributed by atoms with Gasteiger partial charge in [-0.2, -0.15) is 4.99 Å². The molecule has 0 aliphatic carbocycles. The van der Waals surface area contributed by atoms with Crippen LogP contribution in [0, 0.1) is 0 Å². The van der Waals surface area contributed by atoms with Gasteiger partial charge in [-0.05, 0) is 24.3 Å². The van der Waals surface area contributed by atoms with Crippen molar-refractivity contribution in [2.75, 3.05) is 49.1 Å². The number of sulfone groups is 1. The second kappa shape index (κ2) is 6.97. The summed E-state index contributed by atoms with van der Waals surface area (Å²) in [5.41, 5.74) is 1.88. The number of aliphatic imine (C=N–C) groups is 1. The summed E-state index contributed by atoms with van der Waals surface area (Å²) in [6, 6.07) is 7.59. The molecule has 2 aliphatic rings. The molecule has 1 aromatic rings. The molecule has 2 heterocycles. The maximum absolute atomic E-state index is 12.0. The first-order chi connectivity index (χ1) is 11.8. The first-order valence-electron chi connectivity index (χ1n) is 7.85. The summed E-state index contributed by atoms with van der Waals surface area (Å²) < 4.78 is 28.9. The molecule has 2 fully saturated rings. The average molecular weight is 383 g/mol. The Morgan fingerprint density at radius 3 is 2.60 bits per heavy atom. The summed E-state index contributed by atoms with van der Waals surface area (Å²) in [5.74, 6) is -0.174. The van der Waals surface area contributed by atoms with E-state index in [-0.39, 0.29) is 35.3 Å². The summed E-state index contributed by atoms with van der Waals surface area (Å²) >= 11 is 1.36. The minimum atomic E-state index is -3.07. The lowest BCUT2D eigenvalue weighted by atomic mass is 10.2. The Balaban J connectivity index is 1.96. The van der Waals surface area contributed by atoms with Crippen molar-refractivity contribution in [2.45, 2.75) is 11.3 Å². The van der Waals surface area contributed by atoms with E-state index in [2.05, 4.69) is 4.99 Å². The van der Waals surface area contributed by atoms with Gasteiger partial charge in [0.15, 0.2) is 15.0 Å². The van der Waals surface area contributed by atoms with Gasteiger partial charge >= 0.3 is 0 Å². The van der Waals surface area contributed by atoms with Gasteiger partial charge in [0.2, 0.25) is 0 Å². The lowest BCUT2D eigenvalue weighted by Crippen LogP contribution is -2.37. The number of ether oxygens (including phenoxy) is 1. The van der Waals surface area contributed by atoms with Gasteiger partial charge in [0.05, 0.1) is 17.5 Å².